The van der Waals surface area contributed by atoms with Crippen LogP contribution >= 0.6 is 0 Å². The number of ether oxygens (including phenoxy) is 2. The average Bonchev–Trinajstić information content (AvgIpc) is 3.04. The quantitative estimate of drug-likeness (QED) is 0.770. The minimum atomic E-state index is -0.258. The molecule has 2 amide bonds. The Labute approximate surface area is 172 Å². The Morgan fingerprint density at radius 2 is 1.97 bits per heavy atom. The molecule has 6 nitrogen and oxygen atoms in total. The van der Waals surface area contributed by atoms with Gasteiger partial charge in [-0.3, -0.25) is 0 Å². The van der Waals surface area contributed by atoms with Crippen LogP contribution in [-0.4, -0.2) is 42.8 Å². The van der Waals surface area contributed by atoms with Crippen LogP contribution in [0.2, 0.25) is 0 Å². The summed E-state index contributed by atoms with van der Waals surface area (Å²) in [5, 5.41) is 12.7. The molecule has 1 aliphatic heterocycles. The standard InChI is InChI=1S/C23H30N2O4/c1-16-12-25(14-23(16,3)15-26)22(27)24-19-9-7-11-20(17(19)2)29-13-18-8-5-6-10-21(18)28-4/h5-11,16,26H,12-15H2,1-4H3,(H,24,27). The van der Waals surface area contributed by atoms with E-state index in [0.717, 1.165) is 22.6 Å². The van der Waals surface area contributed by atoms with Crippen LogP contribution in [0, 0.1) is 18.3 Å². The topological polar surface area (TPSA) is 71.0 Å². The first-order valence-electron chi connectivity index (χ1n) is 9.89. The third kappa shape index (κ3) is 4.48. The number of amides is 2. The summed E-state index contributed by atoms with van der Waals surface area (Å²) in [6, 6.07) is 13.2. The van der Waals surface area contributed by atoms with E-state index in [4.69, 9.17) is 9.47 Å². The van der Waals surface area contributed by atoms with Gasteiger partial charge in [-0.05, 0) is 31.0 Å². The number of urea groups is 1. The van der Waals surface area contributed by atoms with Crippen LogP contribution in [0.15, 0.2) is 42.5 Å². The SMILES string of the molecule is COc1ccccc1COc1cccc(NC(=O)N2CC(C)C(C)(CO)C2)c1C. The molecular weight excluding hydrogens is 368 g/mol. The van der Waals surface area contributed by atoms with Gasteiger partial charge in [0.1, 0.15) is 18.1 Å². The maximum Gasteiger partial charge on any atom is 0.321 e. The molecule has 1 saturated heterocycles. The first-order valence-corrected chi connectivity index (χ1v) is 9.89. The molecule has 1 heterocycles. The Morgan fingerprint density at radius 1 is 1.24 bits per heavy atom. The lowest BCUT2D eigenvalue weighted by Gasteiger charge is -2.25. The van der Waals surface area contributed by atoms with Crippen molar-refractivity contribution >= 4 is 11.7 Å². The summed E-state index contributed by atoms with van der Waals surface area (Å²) in [5.74, 6) is 1.74. The molecule has 0 radical (unpaired) electrons. The number of nitrogens with one attached hydrogen (secondary N) is 1. The number of rotatable bonds is 6. The van der Waals surface area contributed by atoms with E-state index in [1.54, 1.807) is 12.0 Å². The smallest absolute Gasteiger partial charge is 0.321 e. The van der Waals surface area contributed by atoms with Crippen LogP contribution in [0.1, 0.15) is 25.0 Å². The van der Waals surface area contributed by atoms with Gasteiger partial charge in [-0.25, -0.2) is 4.79 Å². The minimum Gasteiger partial charge on any atom is -0.496 e. The van der Waals surface area contributed by atoms with Crippen molar-refractivity contribution in [1.82, 2.24) is 4.90 Å². The number of methoxy groups -OCH3 is 1. The van der Waals surface area contributed by atoms with Crippen LogP contribution in [-0.2, 0) is 6.61 Å². The molecular formula is C23H30N2O4. The number of hydrogen-bond donors (Lipinski definition) is 2. The highest BCUT2D eigenvalue weighted by Gasteiger charge is 2.41. The van der Waals surface area contributed by atoms with E-state index in [2.05, 4.69) is 12.2 Å². The fraction of sp³-hybridized carbons (Fsp3) is 0.435. The van der Waals surface area contributed by atoms with Crippen LogP contribution in [0.5, 0.6) is 11.5 Å². The lowest BCUT2D eigenvalue weighted by atomic mass is 9.82. The highest BCUT2D eigenvalue weighted by Crippen LogP contribution is 2.35. The molecule has 1 fully saturated rings. The van der Waals surface area contributed by atoms with Gasteiger partial charge < -0.3 is 24.8 Å². The van der Waals surface area contributed by atoms with Gasteiger partial charge in [-0.1, -0.05) is 38.1 Å². The van der Waals surface area contributed by atoms with Crippen LogP contribution in [0.25, 0.3) is 0 Å². The number of nitrogens with zero attached hydrogens (tertiary/aromatic N) is 1. The average molecular weight is 399 g/mol. The van der Waals surface area contributed by atoms with E-state index in [1.807, 2.05) is 56.3 Å². The Morgan fingerprint density at radius 3 is 2.66 bits per heavy atom. The lowest BCUT2D eigenvalue weighted by Crippen LogP contribution is -2.35. The van der Waals surface area contributed by atoms with E-state index in [0.29, 0.717) is 25.4 Å². The Hall–Kier alpha value is -2.73. The molecule has 0 spiro atoms. The second-order valence-electron chi connectivity index (χ2n) is 8.05. The van der Waals surface area contributed by atoms with E-state index < -0.39 is 0 Å². The predicted octanol–water partition coefficient (Wildman–Crippen LogP) is 4.06. The van der Waals surface area contributed by atoms with Gasteiger partial charge in [0.05, 0.1) is 13.7 Å². The summed E-state index contributed by atoms with van der Waals surface area (Å²) in [6.45, 7) is 7.64. The number of anilines is 1. The Balaban J connectivity index is 1.68. The molecule has 2 atom stereocenters. The molecule has 0 aromatic heterocycles. The number of carbonyl (C=O) groups is 1. The molecule has 0 aliphatic carbocycles. The molecule has 2 unspecified atom stereocenters. The van der Waals surface area contributed by atoms with Gasteiger partial charge >= 0.3 is 6.03 Å². The highest BCUT2D eigenvalue weighted by molar-refractivity contribution is 5.90. The molecule has 156 valence electrons. The predicted molar refractivity (Wildman–Crippen MR) is 113 cm³/mol. The summed E-state index contributed by atoms with van der Waals surface area (Å²) in [4.78, 5) is 14.5. The number of para-hydroxylation sites is 1. The zero-order valence-electron chi connectivity index (χ0n) is 17.6. The second kappa shape index (κ2) is 8.74. The van der Waals surface area contributed by atoms with Crippen molar-refractivity contribution in [3.05, 3.63) is 53.6 Å². The summed E-state index contributed by atoms with van der Waals surface area (Å²) >= 11 is 0. The van der Waals surface area contributed by atoms with Gasteiger partial charge in [-0.15, -0.1) is 0 Å². The summed E-state index contributed by atoms with van der Waals surface area (Å²) in [5.41, 5.74) is 2.29. The van der Waals surface area contributed by atoms with E-state index in [9.17, 15) is 9.90 Å². The van der Waals surface area contributed by atoms with Gasteiger partial charge in [0.2, 0.25) is 0 Å². The number of aliphatic hydroxyl groups is 1. The second-order valence-corrected chi connectivity index (χ2v) is 8.05. The molecule has 0 saturated carbocycles. The van der Waals surface area contributed by atoms with E-state index in [1.165, 1.54) is 0 Å². The van der Waals surface area contributed by atoms with Crippen molar-refractivity contribution in [3.63, 3.8) is 0 Å². The summed E-state index contributed by atoms with van der Waals surface area (Å²) < 4.78 is 11.4. The van der Waals surface area contributed by atoms with Gasteiger partial charge in [0, 0.05) is 35.3 Å². The van der Waals surface area contributed by atoms with Crippen LogP contribution in [0.3, 0.4) is 0 Å². The van der Waals surface area contributed by atoms with E-state index in [-0.39, 0.29) is 24.0 Å². The number of hydrogen-bond acceptors (Lipinski definition) is 4. The molecule has 3 rings (SSSR count). The van der Waals surface area contributed by atoms with Crippen molar-refractivity contribution in [3.8, 4) is 11.5 Å². The maximum atomic E-state index is 12.8. The lowest BCUT2D eigenvalue weighted by molar-refractivity contribution is 0.119. The molecule has 2 aromatic rings. The summed E-state index contributed by atoms with van der Waals surface area (Å²) in [7, 11) is 1.64. The monoisotopic (exact) mass is 398 g/mol. The van der Waals surface area contributed by atoms with Crippen molar-refractivity contribution in [2.75, 3.05) is 32.1 Å². The summed E-state index contributed by atoms with van der Waals surface area (Å²) in [6.07, 6.45) is 0. The van der Waals surface area contributed by atoms with Crippen LogP contribution in [0.4, 0.5) is 10.5 Å². The molecule has 6 heteroatoms. The minimum absolute atomic E-state index is 0.0727. The fourth-order valence-corrected chi connectivity index (χ4v) is 3.65. The van der Waals surface area contributed by atoms with Gasteiger partial charge in [0.15, 0.2) is 0 Å². The highest BCUT2D eigenvalue weighted by atomic mass is 16.5. The molecule has 29 heavy (non-hydrogen) atoms. The number of carbonyl (C=O) groups excluding carboxylic acids is 1. The normalized spacial score (nSPS) is 21.1. The number of likely N-dealkylation sites (tertiary alicyclic amines) is 1. The molecule has 0 bridgehead atoms. The van der Waals surface area contributed by atoms with E-state index >= 15 is 0 Å². The molecule has 2 N–H and O–H groups in total. The Bertz CT molecular complexity index is 870. The zero-order chi connectivity index (χ0) is 21.0. The van der Waals surface area contributed by atoms with Gasteiger partial charge in [-0.2, -0.15) is 0 Å². The molecule has 2 aromatic carbocycles. The first kappa shape index (κ1) is 21.0. The maximum absolute atomic E-state index is 12.8. The molecule has 1 aliphatic rings. The Kier molecular flexibility index (Phi) is 6.33. The number of aliphatic hydroxyl groups excluding tert-OH is 1. The van der Waals surface area contributed by atoms with Gasteiger partial charge in [0.25, 0.3) is 0 Å². The zero-order valence-corrected chi connectivity index (χ0v) is 17.6. The van der Waals surface area contributed by atoms with Crippen LogP contribution < -0.4 is 14.8 Å². The fourth-order valence-electron chi connectivity index (χ4n) is 3.65. The van der Waals surface area contributed by atoms with Crippen molar-refractivity contribution in [2.24, 2.45) is 11.3 Å². The van der Waals surface area contributed by atoms with Crippen molar-refractivity contribution in [1.29, 1.82) is 0 Å². The third-order valence-electron chi connectivity index (χ3n) is 5.99. The largest absolute Gasteiger partial charge is 0.496 e. The first-order chi connectivity index (χ1) is 13.9. The van der Waals surface area contributed by atoms with Crippen molar-refractivity contribution < 1.29 is 19.4 Å². The third-order valence-corrected chi connectivity index (χ3v) is 5.99. The van der Waals surface area contributed by atoms with Crippen molar-refractivity contribution in [2.45, 2.75) is 27.4 Å². The number of benzene rings is 2.